The molecule has 0 radical (unpaired) electrons. The van der Waals surface area contributed by atoms with Crippen LogP contribution in [0.15, 0.2) is 48.5 Å². The number of nitrogens with zero attached hydrogens (tertiary/aromatic N) is 1. The number of hydrogen-bond donors (Lipinski definition) is 2. The molecular formula is C20H24ClN3OS. The molecule has 0 aliphatic rings. The SMILES string of the molecule is CCCC(C)(N)C(=O)Nc1ccc(Cc2nc3ccccc3s2)cc1.Cl. The maximum absolute atomic E-state index is 12.3. The molecule has 0 spiro atoms. The van der Waals surface area contributed by atoms with E-state index in [0.29, 0.717) is 6.42 Å². The predicted molar refractivity (Wildman–Crippen MR) is 112 cm³/mol. The van der Waals surface area contributed by atoms with Gasteiger partial charge in [0.05, 0.1) is 20.8 Å². The Balaban J connectivity index is 0.00000243. The van der Waals surface area contributed by atoms with Gasteiger partial charge in [0.1, 0.15) is 0 Å². The van der Waals surface area contributed by atoms with E-state index in [9.17, 15) is 4.79 Å². The lowest BCUT2D eigenvalue weighted by Gasteiger charge is -2.22. The summed E-state index contributed by atoms with van der Waals surface area (Å²) in [6.07, 6.45) is 2.33. The van der Waals surface area contributed by atoms with Crippen LogP contribution in [0.3, 0.4) is 0 Å². The fraction of sp³-hybridized carbons (Fsp3) is 0.300. The Labute approximate surface area is 164 Å². The zero-order valence-electron chi connectivity index (χ0n) is 15.0. The smallest absolute Gasteiger partial charge is 0.244 e. The molecule has 26 heavy (non-hydrogen) atoms. The Morgan fingerprint density at radius 1 is 1.19 bits per heavy atom. The lowest BCUT2D eigenvalue weighted by molar-refractivity contribution is -0.120. The first-order chi connectivity index (χ1) is 12.0. The second-order valence-electron chi connectivity index (χ2n) is 6.57. The fourth-order valence-electron chi connectivity index (χ4n) is 2.78. The molecule has 3 N–H and O–H groups in total. The number of carbonyl (C=O) groups excluding carboxylic acids is 1. The second-order valence-corrected chi connectivity index (χ2v) is 7.69. The third-order valence-corrected chi connectivity index (χ3v) is 5.23. The van der Waals surface area contributed by atoms with Gasteiger partial charge in [-0.15, -0.1) is 23.7 Å². The van der Waals surface area contributed by atoms with Crippen molar-refractivity contribution in [3.63, 3.8) is 0 Å². The topological polar surface area (TPSA) is 68.0 Å². The van der Waals surface area contributed by atoms with E-state index in [1.54, 1.807) is 18.3 Å². The highest BCUT2D eigenvalue weighted by molar-refractivity contribution is 7.18. The average molecular weight is 390 g/mol. The molecule has 138 valence electrons. The van der Waals surface area contributed by atoms with Gasteiger partial charge >= 0.3 is 0 Å². The van der Waals surface area contributed by atoms with Crippen LogP contribution in [-0.4, -0.2) is 16.4 Å². The molecule has 1 amide bonds. The van der Waals surface area contributed by atoms with E-state index in [1.807, 2.05) is 49.4 Å². The van der Waals surface area contributed by atoms with E-state index in [0.717, 1.165) is 29.1 Å². The molecular weight excluding hydrogens is 366 g/mol. The standard InChI is InChI=1S/C20H23N3OS.ClH/c1-3-12-20(2,21)19(24)22-15-10-8-14(9-11-15)13-18-23-16-6-4-5-7-17(16)25-18;/h4-11H,3,12-13,21H2,1-2H3,(H,22,24);1H. The third kappa shape index (κ3) is 4.81. The molecule has 0 aliphatic heterocycles. The van der Waals surface area contributed by atoms with Gasteiger partial charge in [-0.3, -0.25) is 4.79 Å². The van der Waals surface area contributed by atoms with Crippen molar-refractivity contribution in [3.8, 4) is 0 Å². The number of rotatable bonds is 6. The molecule has 1 atom stereocenters. The number of amides is 1. The van der Waals surface area contributed by atoms with Gasteiger partial charge < -0.3 is 11.1 Å². The summed E-state index contributed by atoms with van der Waals surface area (Å²) in [7, 11) is 0. The monoisotopic (exact) mass is 389 g/mol. The van der Waals surface area contributed by atoms with Crippen LogP contribution < -0.4 is 11.1 Å². The quantitative estimate of drug-likeness (QED) is 0.638. The molecule has 1 heterocycles. The highest BCUT2D eigenvalue weighted by Gasteiger charge is 2.27. The Bertz CT molecular complexity index is 841. The van der Waals surface area contributed by atoms with Crippen LogP contribution in [0.5, 0.6) is 0 Å². The van der Waals surface area contributed by atoms with Crippen LogP contribution >= 0.6 is 23.7 Å². The summed E-state index contributed by atoms with van der Waals surface area (Å²) in [5.41, 5.74) is 8.21. The highest BCUT2D eigenvalue weighted by atomic mass is 35.5. The lowest BCUT2D eigenvalue weighted by Crippen LogP contribution is -2.48. The largest absolute Gasteiger partial charge is 0.325 e. The van der Waals surface area contributed by atoms with Gasteiger partial charge in [-0.1, -0.05) is 37.6 Å². The van der Waals surface area contributed by atoms with Crippen molar-refractivity contribution in [1.82, 2.24) is 4.98 Å². The van der Waals surface area contributed by atoms with Crippen LogP contribution in [0.1, 0.15) is 37.3 Å². The van der Waals surface area contributed by atoms with Crippen molar-refractivity contribution >= 4 is 45.6 Å². The van der Waals surface area contributed by atoms with E-state index in [1.165, 1.54) is 10.3 Å². The van der Waals surface area contributed by atoms with Gasteiger partial charge in [0.2, 0.25) is 5.91 Å². The molecule has 6 heteroatoms. The molecule has 3 rings (SSSR count). The molecule has 1 unspecified atom stereocenters. The van der Waals surface area contributed by atoms with Gasteiger partial charge in [0.25, 0.3) is 0 Å². The van der Waals surface area contributed by atoms with Crippen LogP contribution in [0.25, 0.3) is 10.2 Å². The molecule has 1 aromatic heterocycles. The number of hydrogen-bond acceptors (Lipinski definition) is 4. The number of anilines is 1. The van der Waals surface area contributed by atoms with E-state index in [4.69, 9.17) is 5.73 Å². The van der Waals surface area contributed by atoms with E-state index >= 15 is 0 Å². The lowest BCUT2D eigenvalue weighted by atomic mass is 9.96. The van der Waals surface area contributed by atoms with Crippen molar-refractivity contribution in [2.24, 2.45) is 5.73 Å². The van der Waals surface area contributed by atoms with Crippen molar-refractivity contribution in [2.75, 3.05) is 5.32 Å². The average Bonchev–Trinajstić information content (AvgIpc) is 2.98. The molecule has 0 fully saturated rings. The summed E-state index contributed by atoms with van der Waals surface area (Å²) in [4.78, 5) is 16.9. The summed E-state index contributed by atoms with van der Waals surface area (Å²) in [6, 6.07) is 16.1. The van der Waals surface area contributed by atoms with E-state index in [2.05, 4.69) is 16.4 Å². The van der Waals surface area contributed by atoms with E-state index < -0.39 is 5.54 Å². The molecule has 0 aliphatic carbocycles. The van der Waals surface area contributed by atoms with Gasteiger partial charge in [0, 0.05) is 12.1 Å². The van der Waals surface area contributed by atoms with Crippen LogP contribution in [0, 0.1) is 0 Å². The number of nitrogens with two attached hydrogens (primary N) is 1. The number of nitrogens with one attached hydrogen (secondary N) is 1. The first-order valence-electron chi connectivity index (χ1n) is 8.51. The van der Waals surface area contributed by atoms with Crippen molar-refractivity contribution in [1.29, 1.82) is 0 Å². The van der Waals surface area contributed by atoms with Gasteiger partial charge in [-0.25, -0.2) is 4.98 Å². The van der Waals surface area contributed by atoms with E-state index in [-0.39, 0.29) is 18.3 Å². The third-order valence-electron chi connectivity index (χ3n) is 4.19. The zero-order valence-corrected chi connectivity index (χ0v) is 16.6. The zero-order chi connectivity index (χ0) is 17.9. The predicted octanol–water partition coefficient (Wildman–Crippen LogP) is 4.76. The Morgan fingerprint density at radius 2 is 1.88 bits per heavy atom. The number of halogens is 1. The first kappa shape index (κ1) is 20.4. The summed E-state index contributed by atoms with van der Waals surface area (Å²) < 4.78 is 1.21. The number of fused-ring (bicyclic) bond motifs is 1. The molecule has 0 saturated heterocycles. The summed E-state index contributed by atoms with van der Waals surface area (Å²) >= 11 is 1.72. The minimum atomic E-state index is -0.839. The first-order valence-corrected chi connectivity index (χ1v) is 9.33. The van der Waals surface area contributed by atoms with Crippen molar-refractivity contribution in [2.45, 2.75) is 38.6 Å². The van der Waals surface area contributed by atoms with Crippen molar-refractivity contribution < 1.29 is 4.79 Å². The van der Waals surface area contributed by atoms with Gasteiger partial charge in [0.15, 0.2) is 0 Å². The van der Waals surface area contributed by atoms with Crippen molar-refractivity contribution in [3.05, 3.63) is 59.1 Å². The fourth-order valence-corrected chi connectivity index (χ4v) is 3.78. The van der Waals surface area contributed by atoms with Gasteiger partial charge in [-0.2, -0.15) is 0 Å². The van der Waals surface area contributed by atoms with Gasteiger partial charge in [-0.05, 0) is 43.2 Å². The number of thiazole rings is 1. The molecule has 0 bridgehead atoms. The molecule has 2 aromatic carbocycles. The number of aromatic nitrogens is 1. The number of carbonyl (C=O) groups is 1. The summed E-state index contributed by atoms with van der Waals surface area (Å²) in [6.45, 7) is 3.79. The summed E-state index contributed by atoms with van der Waals surface area (Å²) in [5.74, 6) is -0.145. The Morgan fingerprint density at radius 3 is 2.54 bits per heavy atom. The maximum Gasteiger partial charge on any atom is 0.244 e. The summed E-state index contributed by atoms with van der Waals surface area (Å²) in [5, 5.41) is 4.00. The number of para-hydroxylation sites is 1. The maximum atomic E-state index is 12.3. The van der Waals surface area contributed by atoms with Crippen LogP contribution in [-0.2, 0) is 11.2 Å². The Kier molecular flexibility index (Phi) is 6.75. The minimum absolute atomic E-state index is 0. The molecule has 0 saturated carbocycles. The number of benzene rings is 2. The molecule has 4 nitrogen and oxygen atoms in total. The molecule has 3 aromatic rings. The second kappa shape index (κ2) is 8.62. The normalized spacial score (nSPS) is 13.0. The van der Waals surface area contributed by atoms with Crippen LogP contribution in [0.2, 0.25) is 0 Å². The van der Waals surface area contributed by atoms with Crippen LogP contribution in [0.4, 0.5) is 5.69 Å². The minimum Gasteiger partial charge on any atom is -0.325 e. The Hall–Kier alpha value is -1.95. The highest BCUT2D eigenvalue weighted by Crippen LogP contribution is 2.24.